The third-order valence-corrected chi connectivity index (χ3v) is 4.74. The molecule has 100 valence electrons. The number of halogens is 1. The summed E-state index contributed by atoms with van der Waals surface area (Å²) in [7, 11) is 0. The second-order valence-corrected chi connectivity index (χ2v) is 5.72. The van der Waals surface area contributed by atoms with Crippen molar-refractivity contribution in [3.8, 4) is 0 Å². The lowest BCUT2D eigenvalue weighted by Gasteiger charge is -2.23. The van der Waals surface area contributed by atoms with Crippen LogP contribution in [0.1, 0.15) is 35.5 Å². The van der Waals surface area contributed by atoms with E-state index < -0.39 is 11.4 Å². The number of carboxylic acid groups (broad SMARTS) is 1. The Balaban J connectivity index is 2.72. The number of carbonyl (C=O) groups excluding carboxylic acids is 1. The van der Waals surface area contributed by atoms with Crippen LogP contribution >= 0.6 is 22.9 Å². The molecule has 1 amide bonds. The average molecular weight is 290 g/mol. The van der Waals surface area contributed by atoms with Crippen molar-refractivity contribution < 1.29 is 14.7 Å². The first-order valence-electron chi connectivity index (χ1n) is 5.57. The molecule has 0 aromatic carbocycles. The molecule has 0 radical (unpaired) electrons. The highest BCUT2D eigenvalue weighted by molar-refractivity contribution is 7.13. The highest BCUT2D eigenvalue weighted by Gasteiger charge is 2.31. The van der Waals surface area contributed by atoms with Crippen molar-refractivity contribution in [1.82, 2.24) is 5.32 Å². The first-order chi connectivity index (χ1) is 8.31. The van der Waals surface area contributed by atoms with Gasteiger partial charge < -0.3 is 10.4 Å². The summed E-state index contributed by atoms with van der Waals surface area (Å²) in [4.78, 5) is 23.4. The molecule has 18 heavy (non-hydrogen) atoms. The molecule has 2 N–H and O–H groups in total. The van der Waals surface area contributed by atoms with E-state index in [0.717, 1.165) is 5.56 Å². The van der Waals surface area contributed by atoms with E-state index in [0.29, 0.717) is 16.3 Å². The Bertz CT molecular complexity index is 472. The van der Waals surface area contributed by atoms with Crippen LogP contribution in [0.5, 0.6) is 0 Å². The van der Waals surface area contributed by atoms with Crippen LogP contribution in [0.2, 0.25) is 5.02 Å². The van der Waals surface area contributed by atoms with Crippen molar-refractivity contribution in [3.63, 3.8) is 0 Å². The summed E-state index contributed by atoms with van der Waals surface area (Å²) in [6, 6.07) is 0. The van der Waals surface area contributed by atoms with Crippen LogP contribution in [0.25, 0.3) is 0 Å². The van der Waals surface area contributed by atoms with Crippen LogP contribution < -0.4 is 5.32 Å². The number of nitrogens with one attached hydrogen (secondary N) is 1. The van der Waals surface area contributed by atoms with Crippen LogP contribution in [0.3, 0.4) is 0 Å². The summed E-state index contributed by atoms with van der Waals surface area (Å²) in [5.41, 5.74) is -0.0997. The van der Waals surface area contributed by atoms with Gasteiger partial charge in [0.1, 0.15) is 4.88 Å². The molecule has 1 rings (SSSR count). The summed E-state index contributed by atoms with van der Waals surface area (Å²) < 4.78 is 0. The van der Waals surface area contributed by atoms with Crippen molar-refractivity contribution >= 4 is 34.8 Å². The molecule has 6 heteroatoms. The van der Waals surface area contributed by atoms with E-state index in [4.69, 9.17) is 16.7 Å². The normalized spacial score (nSPS) is 14.0. The molecule has 0 aliphatic heterocycles. The van der Waals surface area contributed by atoms with E-state index in [-0.39, 0.29) is 12.5 Å². The van der Waals surface area contributed by atoms with Gasteiger partial charge in [-0.2, -0.15) is 0 Å². The maximum atomic E-state index is 11.9. The van der Waals surface area contributed by atoms with Crippen molar-refractivity contribution in [2.24, 2.45) is 5.41 Å². The zero-order valence-corrected chi connectivity index (χ0v) is 12.1. The van der Waals surface area contributed by atoms with Crippen molar-refractivity contribution in [2.45, 2.75) is 27.2 Å². The molecular weight excluding hydrogens is 274 g/mol. The molecule has 0 saturated heterocycles. The standard InChI is InChI=1S/C12H16ClNO3S/c1-4-12(3,11(16)17)6-14-10(15)9-8(13)7(2)5-18-9/h5H,4,6H2,1-3H3,(H,14,15)(H,16,17). The van der Waals surface area contributed by atoms with Gasteiger partial charge >= 0.3 is 5.97 Å². The largest absolute Gasteiger partial charge is 0.481 e. The maximum Gasteiger partial charge on any atom is 0.311 e. The number of hydrogen-bond donors (Lipinski definition) is 2. The molecule has 1 unspecified atom stereocenters. The molecule has 4 nitrogen and oxygen atoms in total. The molecule has 0 aliphatic rings. The predicted molar refractivity (Wildman–Crippen MR) is 72.4 cm³/mol. The van der Waals surface area contributed by atoms with Gasteiger partial charge in [-0.15, -0.1) is 11.3 Å². The van der Waals surface area contributed by atoms with Crippen LogP contribution in [-0.2, 0) is 4.79 Å². The van der Waals surface area contributed by atoms with E-state index in [9.17, 15) is 9.59 Å². The summed E-state index contributed by atoms with van der Waals surface area (Å²) in [6.07, 6.45) is 0.444. The molecule has 0 saturated carbocycles. The van der Waals surface area contributed by atoms with Gasteiger partial charge in [0.25, 0.3) is 5.91 Å². The minimum absolute atomic E-state index is 0.0882. The third-order valence-electron chi connectivity index (χ3n) is 3.04. The lowest BCUT2D eigenvalue weighted by molar-refractivity contribution is -0.147. The first-order valence-corrected chi connectivity index (χ1v) is 6.82. The van der Waals surface area contributed by atoms with Crippen LogP contribution in [0, 0.1) is 12.3 Å². The van der Waals surface area contributed by atoms with Gasteiger partial charge in [-0.25, -0.2) is 0 Å². The van der Waals surface area contributed by atoms with Gasteiger partial charge in [0, 0.05) is 6.54 Å². The van der Waals surface area contributed by atoms with E-state index in [1.807, 2.05) is 6.92 Å². The number of carboxylic acids is 1. The molecule has 1 aromatic rings. The van der Waals surface area contributed by atoms with Crippen LogP contribution in [0.15, 0.2) is 5.38 Å². The molecule has 0 aliphatic carbocycles. The van der Waals surface area contributed by atoms with Gasteiger partial charge in [-0.1, -0.05) is 18.5 Å². The zero-order chi connectivity index (χ0) is 13.9. The second-order valence-electron chi connectivity index (χ2n) is 4.46. The van der Waals surface area contributed by atoms with Crippen LogP contribution in [-0.4, -0.2) is 23.5 Å². The Morgan fingerprint density at radius 3 is 2.56 bits per heavy atom. The molecule has 1 atom stereocenters. The lowest BCUT2D eigenvalue weighted by atomic mass is 9.88. The SMILES string of the molecule is CCC(C)(CNC(=O)c1scc(C)c1Cl)C(=O)O. The Labute approximate surface area is 115 Å². The van der Waals surface area contributed by atoms with Gasteiger partial charge in [0.15, 0.2) is 0 Å². The van der Waals surface area contributed by atoms with E-state index in [1.165, 1.54) is 11.3 Å². The number of amides is 1. The maximum absolute atomic E-state index is 11.9. The predicted octanol–water partition coefficient (Wildman–Crippen LogP) is 2.94. The fraction of sp³-hybridized carbons (Fsp3) is 0.500. The van der Waals surface area contributed by atoms with Crippen molar-refractivity contribution in [3.05, 3.63) is 20.8 Å². The molecular formula is C12H16ClNO3S. The molecule has 1 heterocycles. The van der Waals surface area contributed by atoms with E-state index in [2.05, 4.69) is 5.32 Å². The molecule has 0 spiro atoms. The fourth-order valence-corrected chi connectivity index (χ4v) is 2.49. The third kappa shape index (κ3) is 3.03. The monoisotopic (exact) mass is 289 g/mol. The van der Waals surface area contributed by atoms with E-state index >= 15 is 0 Å². The highest BCUT2D eigenvalue weighted by Crippen LogP contribution is 2.27. The summed E-state index contributed by atoms with van der Waals surface area (Å²) in [6.45, 7) is 5.30. The minimum Gasteiger partial charge on any atom is -0.481 e. The Morgan fingerprint density at radius 1 is 1.56 bits per heavy atom. The van der Waals surface area contributed by atoms with Gasteiger partial charge in [-0.3, -0.25) is 9.59 Å². The Kier molecular flexibility index (Phi) is 4.76. The fourth-order valence-electron chi connectivity index (χ4n) is 1.29. The minimum atomic E-state index is -0.950. The van der Waals surface area contributed by atoms with Crippen LogP contribution in [0.4, 0.5) is 0 Å². The first kappa shape index (κ1) is 15.0. The molecule has 1 aromatic heterocycles. The average Bonchev–Trinajstić information content (AvgIpc) is 2.66. The number of hydrogen-bond acceptors (Lipinski definition) is 3. The smallest absolute Gasteiger partial charge is 0.311 e. The quantitative estimate of drug-likeness (QED) is 0.876. The van der Waals surface area contributed by atoms with Gasteiger partial charge in [0.05, 0.1) is 10.4 Å². The topological polar surface area (TPSA) is 66.4 Å². The van der Waals surface area contributed by atoms with Gasteiger partial charge in [-0.05, 0) is 31.2 Å². The highest BCUT2D eigenvalue weighted by atomic mass is 35.5. The number of rotatable bonds is 5. The number of aliphatic carboxylic acids is 1. The van der Waals surface area contributed by atoms with E-state index in [1.54, 1.807) is 19.2 Å². The zero-order valence-electron chi connectivity index (χ0n) is 10.5. The summed E-state index contributed by atoms with van der Waals surface area (Å²) in [5.74, 6) is -1.24. The lowest BCUT2D eigenvalue weighted by Crippen LogP contribution is -2.40. The number of carbonyl (C=O) groups is 2. The Hall–Kier alpha value is -1.07. The molecule has 0 fully saturated rings. The molecule has 0 bridgehead atoms. The Morgan fingerprint density at radius 2 is 2.17 bits per heavy atom. The van der Waals surface area contributed by atoms with Crippen molar-refractivity contribution in [1.29, 1.82) is 0 Å². The number of aryl methyl sites for hydroxylation is 1. The summed E-state index contributed by atoms with van der Waals surface area (Å²) >= 11 is 7.24. The van der Waals surface area contributed by atoms with Gasteiger partial charge in [0.2, 0.25) is 0 Å². The second kappa shape index (κ2) is 5.71. The van der Waals surface area contributed by atoms with Crippen molar-refractivity contribution in [2.75, 3.05) is 6.54 Å². The number of thiophene rings is 1. The summed E-state index contributed by atoms with van der Waals surface area (Å²) in [5, 5.41) is 14.0.